The lowest BCUT2D eigenvalue weighted by Gasteiger charge is -2.43. The minimum atomic E-state index is -0.340. The second kappa shape index (κ2) is 15.6. The molecule has 4 aromatic carbocycles. The van der Waals surface area contributed by atoms with Crippen molar-refractivity contribution in [1.82, 2.24) is 5.32 Å². The zero-order chi connectivity index (χ0) is 34.4. The van der Waals surface area contributed by atoms with Crippen LogP contribution in [0.4, 0.5) is 0 Å². The fraction of sp³-hybridized carbons (Fsp3) is 0.429. The number of benzene rings is 4. The van der Waals surface area contributed by atoms with Gasteiger partial charge in [0, 0.05) is 24.8 Å². The van der Waals surface area contributed by atoms with Gasteiger partial charge in [0.25, 0.3) is 0 Å². The normalized spacial score (nSPS) is 17.7. The molecule has 1 spiro atoms. The second-order valence-corrected chi connectivity index (χ2v) is 14.1. The van der Waals surface area contributed by atoms with Gasteiger partial charge in [-0.05, 0) is 103 Å². The van der Waals surface area contributed by atoms with E-state index in [9.17, 15) is 25.5 Å². The Morgan fingerprint density at radius 3 is 2.43 bits per heavy atom. The Morgan fingerprint density at radius 2 is 1.63 bits per heavy atom. The van der Waals surface area contributed by atoms with Crippen molar-refractivity contribution in [3.8, 4) is 28.7 Å². The van der Waals surface area contributed by atoms with Crippen LogP contribution in [-0.2, 0) is 30.5 Å². The molecule has 7 heteroatoms. The molecule has 6 rings (SSSR count). The second-order valence-electron chi connectivity index (χ2n) is 14.1. The lowest BCUT2D eigenvalue weighted by atomic mass is 9.78. The van der Waals surface area contributed by atoms with Crippen LogP contribution in [0.5, 0.6) is 28.7 Å². The highest BCUT2D eigenvalue weighted by molar-refractivity contribution is 6.03. The van der Waals surface area contributed by atoms with Gasteiger partial charge < -0.3 is 35.6 Å². The summed E-state index contributed by atoms with van der Waals surface area (Å²) in [7, 11) is 0. The molecule has 1 aliphatic carbocycles. The predicted octanol–water partition coefficient (Wildman–Crippen LogP) is 9.03. The molecule has 2 aliphatic rings. The number of aryl methyl sites for hydroxylation is 2. The van der Waals surface area contributed by atoms with E-state index in [1.165, 1.54) is 67.9 Å². The number of ether oxygens (including phenoxy) is 1. The Labute approximate surface area is 289 Å². The third-order valence-corrected chi connectivity index (χ3v) is 10.7. The molecule has 7 nitrogen and oxygen atoms in total. The molecule has 1 aliphatic heterocycles. The van der Waals surface area contributed by atoms with E-state index in [0.29, 0.717) is 41.0 Å². The molecule has 49 heavy (non-hydrogen) atoms. The van der Waals surface area contributed by atoms with Gasteiger partial charge in [0.2, 0.25) is 0 Å². The molecule has 1 saturated carbocycles. The minimum absolute atomic E-state index is 0.0728. The zero-order valence-electron chi connectivity index (χ0n) is 28.7. The third-order valence-electron chi connectivity index (χ3n) is 10.7. The first-order valence-electron chi connectivity index (χ1n) is 18.1. The Balaban J connectivity index is 1.25. The number of phenolic OH excluding ortho intramolecular Hbond substituents is 5. The van der Waals surface area contributed by atoms with E-state index in [4.69, 9.17) is 4.74 Å². The number of aromatic hydroxyl groups is 5. The van der Waals surface area contributed by atoms with Gasteiger partial charge in [-0.2, -0.15) is 0 Å². The Hall–Kier alpha value is -4.20. The molecule has 2 fully saturated rings. The van der Waals surface area contributed by atoms with E-state index >= 15 is 0 Å². The summed E-state index contributed by atoms with van der Waals surface area (Å²) >= 11 is 0. The Bertz CT molecular complexity index is 1780. The van der Waals surface area contributed by atoms with E-state index in [0.717, 1.165) is 50.8 Å². The summed E-state index contributed by atoms with van der Waals surface area (Å²) in [5.74, 6) is -1.15. The van der Waals surface area contributed by atoms with Gasteiger partial charge in [-0.15, -0.1) is 0 Å². The van der Waals surface area contributed by atoms with Crippen LogP contribution in [0.2, 0.25) is 0 Å². The molecule has 1 saturated heterocycles. The largest absolute Gasteiger partial charge is 0.507 e. The molecule has 260 valence electrons. The summed E-state index contributed by atoms with van der Waals surface area (Å²) in [4.78, 5) is 0. The van der Waals surface area contributed by atoms with Gasteiger partial charge in [-0.25, -0.2) is 0 Å². The standard InChI is InChI=1S/C42H51NO6/c1-2-3-5-9-30-24-28(12-16-31(30)27-43-32-20-23-49-42(26-32)21-6-4-7-22-42)14-18-35-33(17-13-29-15-19-36(44)38(46)25-29)34-10-8-11-37(45)39(34)41(48)40(35)47/h8,10-13,15-17,19,24-25,32,43-48H,2-7,9,14,18,20-23,26-27H2,1H3. The van der Waals surface area contributed by atoms with Gasteiger partial charge in [0.15, 0.2) is 23.0 Å². The van der Waals surface area contributed by atoms with Crippen LogP contribution >= 0.6 is 0 Å². The molecular formula is C42H51NO6. The lowest BCUT2D eigenvalue weighted by molar-refractivity contribution is -0.109. The van der Waals surface area contributed by atoms with Crippen molar-refractivity contribution in [3.05, 3.63) is 88.0 Å². The predicted molar refractivity (Wildman–Crippen MR) is 196 cm³/mol. The first-order chi connectivity index (χ1) is 23.8. The topological polar surface area (TPSA) is 122 Å². The quantitative estimate of drug-likeness (QED) is 0.0507. The molecule has 0 amide bonds. The maximum absolute atomic E-state index is 11.3. The van der Waals surface area contributed by atoms with Crippen molar-refractivity contribution in [2.24, 2.45) is 0 Å². The monoisotopic (exact) mass is 665 g/mol. The maximum atomic E-state index is 11.3. The molecule has 0 bridgehead atoms. The van der Waals surface area contributed by atoms with Crippen LogP contribution in [0.25, 0.3) is 22.9 Å². The van der Waals surface area contributed by atoms with Crippen LogP contribution in [0, 0.1) is 0 Å². The van der Waals surface area contributed by atoms with E-state index in [-0.39, 0.29) is 39.7 Å². The Morgan fingerprint density at radius 1 is 0.796 bits per heavy atom. The van der Waals surface area contributed by atoms with Crippen LogP contribution in [0.15, 0.2) is 54.6 Å². The van der Waals surface area contributed by atoms with Crippen molar-refractivity contribution in [3.63, 3.8) is 0 Å². The molecule has 0 aromatic heterocycles. The average molecular weight is 666 g/mol. The van der Waals surface area contributed by atoms with Gasteiger partial charge in [0.1, 0.15) is 5.75 Å². The number of hydrogen-bond acceptors (Lipinski definition) is 7. The van der Waals surface area contributed by atoms with E-state index < -0.39 is 0 Å². The fourth-order valence-electron chi connectivity index (χ4n) is 7.91. The van der Waals surface area contributed by atoms with Crippen molar-refractivity contribution in [1.29, 1.82) is 0 Å². The SMILES string of the molecule is CCCCCc1cc(CCc2c(O)c(O)c3c(O)cccc3c2C=Cc2ccc(O)c(O)c2)ccc1CNC1CCOC2(CCCCC2)C1. The van der Waals surface area contributed by atoms with Gasteiger partial charge in [-0.3, -0.25) is 0 Å². The smallest absolute Gasteiger partial charge is 0.169 e. The van der Waals surface area contributed by atoms with Crippen molar-refractivity contribution < 1.29 is 30.3 Å². The third kappa shape index (κ3) is 8.00. The number of rotatable bonds is 12. The first-order valence-corrected chi connectivity index (χ1v) is 18.1. The van der Waals surface area contributed by atoms with Crippen LogP contribution in [0.1, 0.15) is 105 Å². The maximum Gasteiger partial charge on any atom is 0.169 e. The summed E-state index contributed by atoms with van der Waals surface area (Å²) in [5.41, 5.74) is 5.83. The number of nitrogens with one attached hydrogen (secondary N) is 1. The molecule has 1 unspecified atom stereocenters. The first kappa shape index (κ1) is 34.7. The highest BCUT2D eigenvalue weighted by Gasteiger charge is 2.38. The molecule has 6 N–H and O–H groups in total. The summed E-state index contributed by atoms with van der Waals surface area (Å²) in [5, 5.41) is 57.4. The lowest BCUT2D eigenvalue weighted by Crippen LogP contribution is -2.47. The summed E-state index contributed by atoms with van der Waals surface area (Å²) in [6.07, 6.45) is 17.6. The highest BCUT2D eigenvalue weighted by atomic mass is 16.5. The molecular weight excluding hydrogens is 614 g/mol. The van der Waals surface area contributed by atoms with Crippen LogP contribution in [-0.4, -0.2) is 43.8 Å². The van der Waals surface area contributed by atoms with Gasteiger partial charge in [-0.1, -0.05) is 87.6 Å². The van der Waals surface area contributed by atoms with E-state index in [2.05, 4.69) is 30.4 Å². The zero-order valence-corrected chi connectivity index (χ0v) is 28.7. The van der Waals surface area contributed by atoms with Crippen molar-refractivity contribution in [2.45, 2.75) is 109 Å². The fourth-order valence-corrected chi connectivity index (χ4v) is 7.91. The number of hydrogen-bond donors (Lipinski definition) is 6. The van der Waals surface area contributed by atoms with Crippen LogP contribution < -0.4 is 5.32 Å². The van der Waals surface area contributed by atoms with Gasteiger partial charge >= 0.3 is 0 Å². The van der Waals surface area contributed by atoms with Gasteiger partial charge in [0.05, 0.1) is 11.0 Å². The number of phenols is 5. The molecule has 0 radical (unpaired) electrons. The van der Waals surface area contributed by atoms with Crippen molar-refractivity contribution >= 4 is 22.9 Å². The average Bonchev–Trinajstić information content (AvgIpc) is 3.10. The molecule has 4 aromatic rings. The number of fused-ring (bicyclic) bond motifs is 1. The van der Waals surface area contributed by atoms with E-state index in [1.54, 1.807) is 18.2 Å². The summed E-state index contributed by atoms with van der Waals surface area (Å²) in [6, 6.07) is 16.8. The molecule has 1 atom stereocenters. The van der Waals surface area contributed by atoms with Crippen molar-refractivity contribution in [2.75, 3.05) is 6.61 Å². The highest BCUT2D eigenvalue weighted by Crippen LogP contribution is 2.45. The van der Waals surface area contributed by atoms with E-state index in [1.807, 2.05) is 12.1 Å². The minimum Gasteiger partial charge on any atom is -0.507 e. The number of unbranched alkanes of at least 4 members (excludes halogenated alkanes) is 2. The van der Waals surface area contributed by atoms with Crippen LogP contribution in [0.3, 0.4) is 0 Å². The summed E-state index contributed by atoms with van der Waals surface area (Å²) < 4.78 is 6.35. The molecule has 1 heterocycles. The summed E-state index contributed by atoms with van der Waals surface area (Å²) in [6.45, 7) is 3.91. The Kier molecular flexibility index (Phi) is 11.0.